The lowest BCUT2D eigenvalue weighted by molar-refractivity contribution is -0.137. The molecule has 2 aliphatic rings. The van der Waals surface area contributed by atoms with Crippen molar-refractivity contribution in [2.75, 3.05) is 26.2 Å². The van der Waals surface area contributed by atoms with Gasteiger partial charge in [0.25, 0.3) is 11.7 Å². The Hall–Kier alpha value is -2.68. The van der Waals surface area contributed by atoms with Crippen LogP contribution in [0.1, 0.15) is 53.0 Å². The molecule has 1 amide bonds. The van der Waals surface area contributed by atoms with Crippen LogP contribution in [0, 0.1) is 13.8 Å². The molecular weight excluding hydrogens is 421 g/mol. The monoisotopic (exact) mass is 448 g/mol. The molecule has 1 aliphatic heterocycles. The van der Waals surface area contributed by atoms with Gasteiger partial charge in [-0.25, -0.2) is 4.68 Å². The highest BCUT2D eigenvalue weighted by Crippen LogP contribution is 2.31. The molecule has 0 N–H and O–H groups in total. The van der Waals surface area contributed by atoms with Crippen molar-refractivity contribution in [3.8, 4) is 5.69 Å². The summed E-state index contributed by atoms with van der Waals surface area (Å²) in [5, 5.41) is 4.27. The van der Waals surface area contributed by atoms with E-state index in [1.807, 2.05) is 0 Å². The van der Waals surface area contributed by atoms with Gasteiger partial charge >= 0.3 is 6.18 Å². The van der Waals surface area contributed by atoms with E-state index in [0.717, 1.165) is 25.2 Å². The maximum absolute atomic E-state index is 13.1. The van der Waals surface area contributed by atoms with E-state index in [9.17, 15) is 22.8 Å². The van der Waals surface area contributed by atoms with Crippen LogP contribution < -0.4 is 0 Å². The average Bonchev–Trinajstić information content (AvgIpc) is 3.41. The molecule has 2 heterocycles. The predicted octanol–water partition coefficient (Wildman–Crippen LogP) is 3.78. The van der Waals surface area contributed by atoms with Gasteiger partial charge in [0.2, 0.25) is 0 Å². The van der Waals surface area contributed by atoms with Crippen LogP contribution in [0.3, 0.4) is 0 Å². The van der Waals surface area contributed by atoms with Crippen LogP contribution in [-0.2, 0) is 11.0 Å². The molecule has 4 rings (SSSR count). The fraction of sp³-hybridized carbons (Fsp3) is 0.522. The minimum Gasteiger partial charge on any atom is -0.333 e. The summed E-state index contributed by atoms with van der Waals surface area (Å²) in [5.74, 6) is -1.24. The normalized spacial score (nSPS) is 18.3. The summed E-state index contributed by atoms with van der Waals surface area (Å²) in [7, 11) is 0. The first kappa shape index (κ1) is 22.5. The van der Waals surface area contributed by atoms with Crippen LogP contribution in [0.15, 0.2) is 24.3 Å². The van der Waals surface area contributed by atoms with Crippen molar-refractivity contribution in [3.63, 3.8) is 0 Å². The molecule has 1 aromatic heterocycles. The molecule has 0 unspecified atom stereocenters. The van der Waals surface area contributed by atoms with Gasteiger partial charge in [-0.05, 0) is 44.9 Å². The standard InChI is InChI=1S/C23H27F3N4O2/c1-15-20(16(2)30(27-15)19-9-5-6-17(14-19)23(24,25)26)21(31)22(32)29-12-10-28(11-13-29)18-7-3-4-8-18/h5-6,9,14,18H,3-4,7-8,10-13H2,1-2H3. The van der Waals surface area contributed by atoms with Gasteiger partial charge in [-0.3, -0.25) is 14.5 Å². The summed E-state index contributed by atoms with van der Waals surface area (Å²) < 4.78 is 40.6. The van der Waals surface area contributed by atoms with Crippen LogP contribution in [-0.4, -0.2) is 63.5 Å². The van der Waals surface area contributed by atoms with Gasteiger partial charge in [-0.1, -0.05) is 18.9 Å². The number of nitrogens with zero attached hydrogens (tertiary/aromatic N) is 4. The van der Waals surface area contributed by atoms with E-state index >= 15 is 0 Å². The Labute approximate surface area is 185 Å². The van der Waals surface area contributed by atoms with E-state index in [1.54, 1.807) is 18.7 Å². The molecule has 1 aromatic carbocycles. The summed E-state index contributed by atoms with van der Waals surface area (Å²) in [6.45, 7) is 5.70. The van der Waals surface area contributed by atoms with Crippen LogP contribution >= 0.6 is 0 Å². The lowest BCUT2D eigenvalue weighted by Crippen LogP contribution is -2.52. The first-order chi connectivity index (χ1) is 15.2. The number of Topliss-reactive ketones (excluding diaryl/α,β-unsaturated/α-hetero) is 1. The molecule has 1 aliphatic carbocycles. The number of aryl methyl sites for hydroxylation is 1. The summed E-state index contributed by atoms with van der Waals surface area (Å²) in [6, 6.07) is 5.34. The molecule has 1 saturated carbocycles. The number of ketones is 1. The molecule has 6 nitrogen and oxygen atoms in total. The van der Waals surface area contributed by atoms with E-state index in [1.165, 1.54) is 42.5 Å². The van der Waals surface area contributed by atoms with Crippen LogP contribution in [0.2, 0.25) is 0 Å². The molecule has 32 heavy (non-hydrogen) atoms. The summed E-state index contributed by atoms with van der Waals surface area (Å²) in [4.78, 5) is 30.0. The molecular formula is C23H27F3N4O2. The number of carbonyl (C=O) groups excluding carboxylic acids is 2. The number of rotatable bonds is 4. The Balaban J connectivity index is 1.51. The average molecular weight is 448 g/mol. The van der Waals surface area contributed by atoms with Gasteiger partial charge in [-0.2, -0.15) is 18.3 Å². The zero-order valence-electron chi connectivity index (χ0n) is 18.3. The van der Waals surface area contributed by atoms with Crippen LogP contribution in [0.4, 0.5) is 13.2 Å². The number of amides is 1. The second-order valence-corrected chi connectivity index (χ2v) is 8.60. The minimum atomic E-state index is -4.48. The summed E-state index contributed by atoms with van der Waals surface area (Å²) in [5.41, 5.74) is 0.224. The van der Waals surface area contributed by atoms with Crippen molar-refractivity contribution < 1.29 is 22.8 Å². The Bertz CT molecular complexity index is 1020. The molecule has 9 heteroatoms. The third-order valence-electron chi connectivity index (χ3n) is 6.57. The highest BCUT2D eigenvalue weighted by Gasteiger charge is 2.34. The van der Waals surface area contributed by atoms with Crippen molar-refractivity contribution in [1.29, 1.82) is 0 Å². The number of hydrogen-bond acceptors (Lipinski definition) is 4. The molecule has 1 saturated heterocycles. The predicted molar refractivity (Wildman–Crippen MR) is 113 cm³/mol. The number of benzene rings is 1. The zero-order chi connectivity index (χ0) is 23.0. The first-order valence-electron chi connectivity index (χ1n) is 11.0. The molecule has 2 fully saturated rings. The van der Waals surface area contributed by atoms with Gasteiger partial charge in [0.15, 0.2) is 0 Å². The number of halogens is 3. The maximum atomic E-state index is 13.1. The van der Waals surface area contributed by atoms with Gasteiger partial charge in [0.05, 0.1) is 28.2 Å². The Morgan fingerprint density at radius 3 is 2.31 bits per heavy atom. The van der Waals surface area contributed by atoms with E-state index < -0.39 is 23.4 Å². The smallest absolute Gasteiger partial charge is 0.333 e. The minimum absolute atomic E-state index is 0.158. The Kier molecular flexibility index (Phi) is 6.11. The van der Waals surface area contributed by atoms with Crippen molar-refractivity contribution >= 4 is 11.7 Å². The zero-order valence-corrected chi connectivity index (χ0v) is 18.3. The molecule has 172 valence electrons. The Morgan fingerprint density at radius 2 is 1.69 bits per heavy atom. The van der Waals surface area contributed by atoms with E-state index in [2.05, 4.69) is 10.00 Å². The number of piperazine rings is 1. The fourth-order valence-corrected chi connectivity index (χ4v) is 4.85. The number of carbonyl (C=O) groups is 2. The Morgan fingerprint density at radius 1 is 1.03 bits per heavy atom. The topological polar surface area (TPSA) is 58.4 Å². The van der Waals surface area contributed by atoms with Crippen molar-refractivity contribution in [2.24, 2.45) is 0 Å². The van der Waals surface area contributed by atoms with Crippen LogP contribution in [0.25, 0.3) is 5.69 Å². The number of aromatic nitrogens is 2. The molecule has 2 aromatic rings. The summed E-state index contributed by atoms with van der Waals surface area (Å²) >= 11 is 0. The lowest BCUT2D eigenvalue weighted by atomic mass is 10.1. The van der Waals surface area contributed by atoms with Crippen molar-refractivity contribution in [3.05, 3.63) is 46.8 Å². The maximum Gasteiger partial charge on any atom is 0.416 e. The SMILES string of the molecule is Cc1nn(-c2cccc(C(F)(F)F)c2)c(C)c1C(=O)C(=O)N1CCN(C2CCCC2)CC1. The molecule has 0 atom stereocenters. The third-order valence-corrected chi connectivity index (χ3v) is 6.57. The van der Waals surface area contributed by atoms with Gasteiger partial charge in [0.1, 0.15) is 0 Å². The highest BCUT2D eigenvalue weighted by molar-refractivity contribution is 6.43. The third kappa shape index (κ3) is 4.30. The fourth-order valence-electron chi connectivity index (χ4n) is 4.85. The largest absolute Gasteiger partial charge is 0.416 e. The molecule has 0 spiro atoms. The van der Waals surface area contributed by atoms with Crippen molar-refractivity contribution in [1.82, 2.24) is 19.6 Å². The highest BCUT2D eigenvalue weighted by atomic mass is 19.4. The van der Waals surface area contributed by atoms with Gasteiger partial charge < -0.3 is 4.90 Å². The number of alkyl halides is 3. The van der Waals surface area contributed by atoms with Gasteiger partial charge in [0, 0.05) is 32.2 Å². The van der Waals surface area contributed by atoms with Crippen molar-refractivity contribution in [2.45, 2.75) is 51.7 Å². The lowest BCUT2D eigenvalue weighted by Gasteiger charge is -2.37. The van der Waals surface area contributed by atoms with E-state index in [4.69, 9.17) is 0 Å². The molecule has 0 bridgehead atoms. The molecule has 0 radical (unpaired) electrons. The van der Waals surface area contributed by atoms with Gasteiger partial charge in [-0.15, -0.1) is 0 Å². The number of hydrogen-bond donors (Lipinski definition) is 0. The van der Waals surface area contributed by atoms with E-state index in [0.29, 0.717) is 30.5 Å². The second kappa shape index (κ2) is 8.69. The first-order valence-corrected chi connectivity index (χ1v) is 11.0. The van der Waals surface area contributed by atoms with E-state index in [-0.39, 0.29) is 11.3 Å². The van der Waals surface area contributed by atoms with Crippen LogP contribution in [0.5, 0.6) is 0 Å². The quantitative estimate of drug-likeness (QED) is 0.528. The summed E-state index contributed by atoms with van der Waals surface area (Å²) in [6.07, 6.45) is 0.398. The second-order valence-electron chi connectivity index (χ2n) is 8.60.